The van der Waals surface area contributed by atoms with E-state index in [9.17, 15) is 4.79 Å². The zero-order valence-electron chi connectivity index (χ0n) is 14.1. The van der Waals surface area contributed by atoms with E-state index in [0.717, 1.165) is 44.3 Å². The fourth-order valence-corrected chi connectivity index (χ4v) is 3.40. The number of carbonyl (C=O) groups excluding carboxylic acids is 1. The highest BCUT2D eigenvalue weighted by Crippen LogP contribution is 2.22. The molecule has 0 bridgehead atoms. The second-order valence-electron chi connectivity index (χ2n) is 6.62. The largest absolute Gasteiger partial charge is 0.474 e. The molecular weight excluding hydrogens is 326 g/mol. The molecule has 5 nitrogen and oxygen atoms in total. The highest BCUT2D eigenvalue weighted by atomic mass is 35.5. The van der Waals surface area contributed by atoms with E-state index in [-0.39, 0.29) is 24.2 Å². The third-order valence-corrected chi connectivity index (χ3v) is 4.82. The van der Waals surface area contributed by atoms with Gasteiger partial charge in [-0.05, 0) is 63.2 Å². The molecule has 0 spiro atoms. The molecule has 1 saturated carbocycles. The van der Waals surface area contributed by atoms with Crippen LogP contribution in [-0.4, -0.2) is 30.1 Å². The van der Waals surface area contributed by atoms with Crippen LogP contribution < -0.4 is 15.4 Å². The summed E-state index contributed by atoms with van der Waals surface area (Å²) in [6.07, 6.45) is 9.98. The summed E-state index contributed by atoms with van der Waals surface area (Å²) in [4.78, 5) is 16.5. The summed E-state index contributed by atoms with van der Waals surface area (Å²) >= 11 is 0. The van der Waals surface area contributed by atoms with Crippen molar-refractivity contribution in [1.82, 2.24) is 15.6 Å². The Bertz CT molecular complexity index is 515. The standard InChI is InChI=1S/C18H27N3O2.ClH/c22-18(15-7-9-19-10-8-15)21-13-14-6-11-20-17(12-14)23-16-4-2-1-3-5-16;/h6,11-12,15-16,19H,1-5,7-10,13H2,(H,21,22);1H. The maximum absolute atomic E-state index is 12.2. The molecule has 1 aromatic heterocycles. The lowest BCUT2D eigenvalue weighted by Gasteiger charge is -2.23. The predicted molar refractivity (Wildman–Crippen MR) is 96.4 cm³/mol. The summed E-state index contributed by atoms with van der Waals surface area (Å²) in [5.74, 6) is 1.000. The van der Waals surface area contributed by atoms with Crippen molar-refractivity contribution in [1.29, 1.82) is 0 Å². The highest BCUT2D eigenvalue weighted by molar-refractivity contribution is 5.85. The molecule has 2 N–H and O–H groups in total. The minimum atomic E-state index is 0. The van der Waals surface area contributed by atoms with Crippen molar-refractivity contribution in [3.8, 4) is 5.88 Å². The van der Waals surface area contributed by atoms with Gasteiger partial charge < -0.3 is 15.4 Å². The van der Waals surface area contributed by atoms with Gasteiger partial charge in [0.25, 0.3) is 0 Å². The average molecular weight is 354 g/mol. The number of pyridine rings is 1. The van der Waals surface area contributed by atoms with Gasteiger partial charge in [-0.25, -0.2) is 4.98 Å². The molecule has 1 saturated heterocycles. The van der Waals surface area contributed by atoms with Crippen LogP contribution in [-0.2, 0) is 11.3 Å². The molecule has 24 heavy (non-hydrogen) atoms. The summed E-state index contributed by atoms with van der Waals surface area (Å²) in [7, 11) is 0. The molecule has 0 aromatic carbocycles. The van der Waals surface area contributed by atoms with Crippen LogP contribution in [0, 0.1) is 5.92 Å². The van der Waals surface area contributed by atoms with Crippen LogP contribution in [0.2, 0.25) is 0 Å². The van der Waals surface area contributed by atoms with E-state index in [1.165, 1.54) is 19.3 Å². The Morgan fingerprint density at radius 1 is 1.21 bits per heavy atom. The summed E-state index contributed by atoms with van der Waals surface area (Å²) in [5, 5.41) is 6.33. The third kappa shape index (κ3) is 5.64. The van der Waals surface area contributed by atoms with Gasteiger partial charge in [0.2, 0.25) is 11.8 Å². The van der Waals surface area contributed by atoms with Crippen LogP contribution in [0.25, 0.3) is 0 Å². The summed E-state index contributed by atoms with van der Waals surface area (Å²) in [6.45, 7) is 2.42. The van der Waals surface area contributed by atoms with Gasteiger partial charge in [0.15, 0.2) is 0 Å². The van der Waals surface area contributed by atoms with Crippen molar-refractivity contribution in [2.45, 2.75) is 57.6 Å². The van der Waals surface area contributed by atoms with Crippen molar-refractivity contribution in [2.24, 2.45) is 5.92 Å². The van der Waals surface area contributed by atoms with Crippen LogP contribution in [0.5, 0.6) is 5.88 Å². The first-order chi connectivity index (χ1) is 11.3. The second-order valence-corrected chi connectivity index (χ2v) is 6.62. The molecule has 2 aliphatic rings. The van der Waals surface area contributed by atoms with Crippen LogP contribution in [0.1, 0.15) is 50.5 Å². The number of aromatic nitrogens is 1. The number of piperidine rings is 1. The Kier molecular flexibility index (Phi) is 7.79. The molecule has 2 heterocycles. The van der Waals surface area contributed by atoms with E-state index in [1.54, 1.807) is 6.20 Å². The molecular formula is C18H28ClN3O2. The summed E-state index contributed by atoms with van der Waals surface area (Å²) in [6, 6.07) is 3.90. The molecule has 1 aliphatic heterocycles. The lowest BCUT2D eigenvalue weighted by Crippen LogP contribution is -2.37. The van der Waals surface area contributed by atoms with E-state index in [4.69, 9.17) is 4.74 Å². The van der Waals surface area contributed by atoms with E-state index >= 15 is 0 Å². The van der Waals surface area contributed by atoms with Gasteiger partial charge in [0.1, 0.15) is 6.10 Å². The molecule has 0 radical (unpaired) electrons. The number of halogens is 1. The van der Waals surface area contributed by atoms with Gasteiger partial charge in [-0.15, -0.1) is 12.4 Å². The first-order valence-corrected chi connectivity index (χ1v) is 8.91. The average Bonchev–Trinajstić information content (AvgIpc) is 2.62. The Morgan fingerprint density at radius 3 is 2.71 bits per heavy atom. The number of carbonyl (C=O) groups is 1. The molecule has 3 rings (SSSR count). The van der Waals surface area contributed by atoms with Gasteiger partial charge in [0.05, 0.1) is 0 Å². The summed E-state index contributed by atoms with van der Waals surface area (Å²) < 4.78 is 5.99. The Hall–Kier alpha value is -1.33. The number of nitrogens with one attached hydrogen (secondary N) is 2. The fourth-order valence-electron chi connectivity index (χ4n) is 3.40. The smallest absolute Gasteiger partial charge is 0.223 e. The van der Waals surface area contributed by atoms with Crippen molar-refractivity contribution < 1.29 is 9.53 Å². The molecule has 0 unspecified atom stereocenters. The van der Waals surface area contributed by atoms with E-state index in [1.807, 2.05) is 12.1 Å². The molecule has 0 atom stereocenters. The first-order valence-electron chi connectivity index (χ1n) is 8.91. The molecule has 6 heteroatoms. The van der Waals surface area contributed by atoms with Crippen molar-refractivity contribution in [2.75, 3.05) is 13.1 Å². The maximum atomic E-state index is 12.2. The van der Waals surface area contributed by atoms with Gasteiger partial charge in [0, 0.05) is 24.7 Å². The Labute approximate surface area is 150 Å². The maximum Gasteiger partial charge on any atom is 0.223 e. The predicted octanol–water partition coefficient (Wildman–Crippen LogP) is 2.83. The summed E-state index contributed by atoms with van der Waals surface area (Å²) in [5.41, 5.74) is 1.05. The zero-order chi connectivity index (χ0) is 15.9. The molecule has 2 fully saturated rings. The zero-order valence-corrected chi connectivity index (χ0v) is 14.9. The lowest BCUT2D eigenvalue weighted by molar-refractivity contribution is -0.125. The monoisotopic (exact) mass is 353 g/mol. The quantitative estimate of drug-likeness (QED) is 0.854. The minimum absolute atomic E-state index is 0. The Balaban J connectivity index is 0.00000208. The van der Waals surface area contributed by atoms with Gasteiger partial charge in [-0.1, -0.05) is 6.42 Å². The lowest BCUT2D eigenvalue weighted by atomic mass is 9.97. The van der Waals surface area contributed by atoms with Crippen LogP contribution >= 0.6 is 12.4 Å². The number of nitrogens with zero attached hydrogens (tertiary/aromatic N) is 1. The van der Waals surface area contributed by atoms with E-state index in [0.29, 0.717) is 18.5 Å². The van der Waals surface area contributed by atoms with E-state index < -0.39 is 0 Å². The normalized spacial score (nSPS) is 19.3. The highest BCUT2D eigenvalue weighted by Gasteiger charge is 2.20. The number of amides is 1. The number of hydrogen-bond acceptors (Lipinski definition) is 4. The minimum Gasteiger partial charge on any atom is -0.474 e. The molecule has 1 amide bonds. The van der Waals surface area contributed by atoms with Gasteiger partial charge in [-0.3, -0.25) is 4.79 Å². The SMILES string of the molecule is Cl.O=C(NCc1ccnc(OC2CCCCC2)c1)C1CCNCC1. The molecule has 1 aliphatic carbocycles. The number of ether oxygens (including phenoxy) is 1. The fraction of sp³-hybridized carbons (Fsp3) is 0.667. The van der Waals surface area contributed by atoms with Gasteiger partial charge in [-0.2, -0.15) is 0 Å². The van der Waals surface area contributed by atoms with Crippen molar-refractivity contribution in [3.05, 3.63) is 23.9 Å². The van der Waals surface area contributed by atoms with Crippen LogP contribution in [0.3, 0.4) is 0 Å². The van der Waals surface area contributed by atoms with Crippen molar-refractivity contribution in [3.63, 3.8) is 0 Å². The Morgan fingerprint density at radius 2 is 1.96 bits per heavy atom. The van der Waals surface area contributed by atoms with Crippen LogP contribution in [0.15, 0.2) is 18.3 Å². The van der Waals surface area contributed by atoms with Crippen LogP contribution in [0.4, 0.5) is 0 Å². The van der Waals surface area contributed by atoms with Crippen molar-refractivity contribution >= 4 is 18.3 Å². The van der Waals surface area contributed by atoms with Gasteiger partial charge >= 0.3 is 0 Å². The molecule has 1 aromatic rings. The third-order valence-electron chi connectivity index (χ3n) is 4.82. The number of hydrogen-bond donors (Lipinski definition) is 2. The topological polar surface area (TPSA) is 63.2 Å². The van der Waals surface area contributed by atoms with E-state index in [2.05, 4.69) is 15.6 Å². The molecule has 134 valence electrons. The number of rotatable bonds is 5. The first kappa shape index (κ1) is 19.0. The second kappa shape index (κ2) is 9.84.